The quantitative estimate of drug-likeness (QED) is 0.144. The van der Waals surface area contributed by atoms with Gasteiger partial charge in [0, 0.05) is 36.1 Å². The molecule has 0 bridgehead atoms. The Hall–Kier alpha value is -4.57. The van der Waals surface area contributed by atoms with Crippen LogP contribution in [-0.2, 0) is 11.2 Å². The van der Waals surface area contributed by atoms with E-state index in [0.717, 1.165) is 12.0 Å². The molecule has 1 amide bonds. The van der Waals surface area contributed by atoms with E-state index in [1.165, 1.54) is 24.3 Å². The Morgan fingerprint density at radius 2 is 1.82 bits per heavy atom. The average Bonchev–Trinajstić information content (AvgIpc) is 3.24. The number of hydrogen-bond donors (Lipinski definition) is 2. The number of anilines is 1. The smallest absolute Gasteiger partial charge is 0.316 e. The second-order valence-electron chi connectivity index (χ2n) is 9.82. The van der Waals surface area contributed by atoms with E-state index in [-0.39, 0.29) is 23.8 Å². The highest BCUT2D eigenvalue weighted by atomic mass is 16.6. The minimum absolute atomic E-state index is 0.101. The Kier molecular flexibility index (Phi) is 7.54. The van der Waals surface area contributed by atoms with Crippen molar-refractivity contribution < 1.29 is 24.4 Å². The summed E-state index contributed by atoms with van der Waals surface area (Å²) < 4.78 is 7.27. The van der Waals surface area contributed by atoms with Crippen molar-refractivity contribution in [1.29, 1.82) is 0 Å². The molecule has 0 saturated carbocycles. The molecule has 0 atom stereocenters. The number of hydrogen-bond acceptors (Lipinski definition) is 7. The van der Waals surface area contributed by atoms with Gasteiger partial charge >= 0.3 is 5.97 Å². The van der Waals surface area contributed by atoms with Gasteiger partial charge in [0.15, 0.2) is 0 Å². The van der Waals surface area contributed by atoms with Crippen LogP contribution in [0.15, 0.2) is 66.7 Å². The van der Waals surface area contributed by atoms with Crippen LogP contribution in [0.4, 0.5) is 11.6 Å². The number of non-ortho nitro benzene ring substituents is 1. The van der Waals surface area contributed by atoms with Gasteiger partial charge in [-0.2, -0.15) is 0 Å². The van der Waals surface area contributed by atoms with Gasteiger partial charge in [-0.3, -0.25) is 29.6 Å². The van der Waals surface area contributed by atoms with Crippen LogP contribution in [-0.4, -0.2) is 38.1 Å². The second kappa shape index (κ2) is 10.8. The van der Waals surface area contributed by atoms with E-state index < -0.39 is 22.2 Å². The van der Waals surface area contributed by atoms with E-state index in [9.17, 15) is 19.7 Å². The Morgan fingerprint density at radius 1 is 1.08 bits per heavy atom. The minimum Gasteiger partial charge on any atom is -0.426 e. The van der Waals surface area contributed by atoms with E-state index in [2.05, 4.69) is 10.3 Å². The summed E-state index contributed by atoms with van der Waals surface area (Å²) in [5.41, 5.74) is 2.11. The van der Waals surface area contributed by atoms with Crippen LogP contribution >= 0.6 is 0 Å². The molecule has 0 aliphatic rings. The van der Waals surface area contributed by atoms with Crippen molar-refractivity contribution in [2.24, 2.45) is 5.41 Å². The number of nitrogens with zero attached hydrogens (tertiary/aromatic N) is 3. The summed E-state index contributed by atoms with van der Waals surface area (Å²) >= 11 is 0. The lowest BCUT2D eigenvalue weighted by atomic mass is 9.97. The van der Waals surface area contributed by atoms with E-state index in [4.69, 9.17) is 9.84 Å². The molecule has 10 heteroatoms. The SMILES string of the molecule is CC(C)(C)C(=O)Oc1ccc2c(c1)nc(NC(=O)c1cccc([N+](=O)[O-])c1)n2-c1ccc(CCCO)cc1. The Bertz CT molecular complexity index is 1500. The summed E-state index contributed by atoms with van der Waals surface area (Å²) in [7, 11) is 0. The van der Waals surface area contributed by atoms with Gasteiger partial charge in [0.05, 0.1) is 21.4 Å². The van der Waals surface area contributed by atoms with Crippen LogP contribution in [0.2, 0.25) is 0 Å². The fourth-order valence-corrected chi connectivity index (χ4v) is 3.76. The van der Waals surface area contributed by atoms with Crippen molar-refractivity contribution in [3.63, 3.8) is 0 Å². The highest BCUT2D eigenvalue weighted by Crippen LogP contribution is 2.30. The number of aryl methyl sites for hydroxylation is 1. The van der Waals surface area contributed by atoms with E-state index in [1.807, 2.05) is 24.3 Å². The maximum Gasteiger partial charge on any atom is 0.316 e. The first-order valence-corrected chi connectivity index (χ1v) is 12.1. The molecule has 196 valence electrons. The number of aliphatic hydroxyl groups is 1. The normalized spacial score (nSPS) is 11.4. The molecular weight excluding hydrogens is 488 g/mol. The molecule has 0 aliphatic heterocycles. The molecule has 0 aliphatic carbocycles. The Morgan fingerprint density at radius 3 is 2.47 bits per heavy atom. The van der Waals surface area contributed by atoms with Gasteiger partial charge in [-0.1, -0.05) is 18.2 Å². The molecule has 4 aromatic rings. The number of nitrogens with one attached hydrogen (secondary N) is 1. The molecule has 0 saturated heterocycles. The van der Waals surface area contributed by atoms with Crippen LogP contribution < -0.4 is 10.1 Å². The maximum absolute atomic E-state index is 13.1. The Labute approximate surface area is 219 Å². The molecule has 0 fully saturated rings. The number of aliphatic hydroxyl groups excluding tert-OH is 1. The van der Waals surface area contributed by atoms with Gasteiger partial charge in [0.2, 0.25) is 5.95 Å². The molecule has 3 aromatic carbocycles. The number of nitro benzene ring substituents is 1. The standard InChI is InChI=1S/C28H28N4O6/c1-28(2,3)26(35)38-22-13-14-24-23(17-22)29-27(30-25(34)19-7-4-8-21(16-19)32(36)37)31(24)20-11-9-18(10-12-20)6-5-15-33/h4,7-14,16-17,33H,5-6,15H2,1-3H3,(H,29,30,34). The molecule has 1 heterocycles. The third kappa shape index (κ3) is 5.87. The average molecular weight is 517 g/mol. The number of benzene rings is 3. The lowest BCUT2D eigenvalue weighted by Crippen LogP contribution is -2.25. The first kappa shape index (κ1) is 26.5. The zero-order chi connectivity index (χ0) is 27.4. The first-order chi connectivity index (χ1) is 18.1. The number of imidazole rings is 1. The fourth-order valence-electron chi connectivity index (χ4n) is 3.76. The van der Waals surface area contributed by atoms with Gasteiger partial charge in [0.25, 0.3) is 11.6 Å². The number of carbonyl (C=O) groups excluding carboxylic acids is 2. The van der Waals surface area contributed by atoms with Gasteiger partial charge in [-0.25, -0.2) is 4.98 Å². The molecule has 2 N–H and O–H groups in total. The van der Waals surface area contributed by atoms with Crippen LogP contribution in [0.25, 0.3) is 16.7 Å². The first-order valence-electron chi connectivity index (χ1n) is 12.1. The number of aromatic nitrogens is 2. The topological polar surface area (TPSA) is 137 Å². The summed E-state index contributed by atoms with van der Waals surface area (Å²) in [6, 6.07) is 18.1. The molecular formula is C28H28N4O6. The van der Waals surface area contributed by atoms with E-state index in [0.29, 0.717) is 28.9 Å². The lowest BCUT2D eigenvalue weighted by Gasteiger charge is -2.16. The van der Waals surface area contributed by atoms with Crippen LogP contribution in [0.1, 0.15) is 43.1 Å². The number of esters is 1. The number of rotatable bonds is 8. The van der Waals surface area contributed by atoms with Crippen LogP contribution in [0, 0.1) is 15.5 Å². The highest BCUT2D eigenvalue weighted by molar-refractivity contribution is 6.04. The van der Waals surface area contributed by atoms with Crippen molar-refractivity contribution in [2.45, 2.75) is 33.6 Å². The Balaban J connectivity index is 1.75. The van der Waals surface area contributed by atoms with E-state index >= 15 is 0 Å². The van der Waals surface area contributed by atoms with Crippen molar-refractivity contribution >= 4 is 34.5 Å². The molecule has 38 heavy (non-hydrogen) atoms. The number of carbonyl (C=O) groups is 2. The highest BCUT2D eigenvalue weighted by Gasteiger charge is 2.24. The van der Waals surface area contributed by atoms with Crippen LogP contribution in [0.5, 0.6) is 5.75 Å². The second-order valence-corrected chi connectivity index (χ2v) is 9.82. The number of ether oxygens (including phenoxy) is 1. The van der Waals surface area contributed by atoms with Gasteiger partial charge in [0.1, 0.15) is 5.75 Å². The van der Waals surface area contributed by atoms with Crippen LogP contribution in [0.3, 0.4) is 0 Å². The molecule has 1 aromatic heterocycles. The van der Waals surface area contributed by atoms with Crippen molar-refractivity contribution in [1.82, 2.24) is 9.55 Å². The third-order valence-electron chi connectivity index (χ3n) is 5.81. The minimum atomic E-state index is -0.691. The van der Waals surface area contributed by atoms with E-state index in [1.54, 1.807) is 43.5 Å². The molecule has 4 rings (SSSR count). The zero-order valence-electron chi connectivity index (χ0n) is 21.3. The summed E-state index contributed by atoms with van der Waals surface area (Å²) in [4.78, 5) is 40.6. The van der Waals surface area contributed by atoms with Crippen molar-refractivity contribution in [3.8, 4) is 11.4 Å². The summed E-state index contributed by atoms with van der Waals surface area (Å²) in [5.74, 6) is -0.449. The largest absolute Gasteiger partial charge is 0.426 e. The number of nitro groups is 1. The lowest BCUT2D eigenvalue weighted by molar-refractivity contribution is -0.384. The third-order valence-corrected chi connectivity index (χ3v) is 5.81. The molecule has 0 spiro atoms. The number of fused-ring (bicyclic) bond motifs is 1. The summed E-state index contributed by atoms with van der Waals surface area (Å²) in [6.45, 7) is 5.38. The maximum atomic E-state index is 13.1. The molecule has 0 unspecified atom stereocenters. The van der Waals surface area contributed by atoms with Gasteiger partial charge < -0.3 is 9.84 Å². The zero-order valence-corrected chi connectivity index (χ0v) is 21.3. The monoisotopic (exact) mass is 516 g/mol. The number of amides is 1. The van der Waals surface area contributed by atoms with Crippen molar-refractivity contribution in [2.75, 3.05) is 11.9 Å². The predicted octanol–water partition coefficient (Wildman–Crippen LogP) is 5.06. The van der Waals surface area contributed by atoms with Crippen molar-refractivity contribution in [3.05, 3.63) is 88.0 Å². The molecule has 10 nitrogen and oxygen atoms in total. The van der Waals surface area contributed by atoms with Gasteiger partial charge in [-0.15, -0.1) is 0 Å². The predicted molar refractivity (Wildman–Crippen MR) is 143 cm³/mol. The fraction of sp³-hybridized carbons (Fsp3) is 0.250. The summed E-state index contributed by atoms with van der Waals surface area (Å²) in [6.07, 6.45) is 1.37. The summed E-state index contributed by atoms with van der Waals surface area (Å²) in [5, 5.41) is 23.0. The van der Waals surface area contributed by atoms with Gasteiger partial charge in [-0.05, 0) is 69.5 Å². The molecule has 0 radical (unpaired) electrons.